The van der Waals surface area contributed by atoms with Gasteiger partial charge in [0.25, 0.3) is 0 Å². The number of fused-ring (bicyclic) bond motifs is 2. The number of thioether (sulfide) groups is 1. The van der Waals surface area contributed by atoms with Crippen molar-refractivity contribution in [1.82, 2.24) is 4.98 Å². The molecule has 0 unspecified atom stereocenters. The lowest BCUT2D eigenvalue weighted by atomic mass is 10.2. The molecule has 2 heterocycles. The smallest absolute Gasteiger partial charge is 0.244 e. The minimum Gasteiger partial charge on any atom is -0.324 e. The van der Waals surface area contributed by atoms with Gasteiger partial charge in [0.2, 0.25) is 11.8 Å². The number of amides is 2. The van der Waals surface area contributed by atoms with Crippen LogP contribution in [0.2, 0.25) is 0 Å². The maximum atomic E-state index is 12.5. The van der Waals surface area contributed by atoms with Crippen LogP contribution < -0.4 is 10.2 Å². The predicted octanol–water partition coefficient (Wildman–Crippen LogP) is 3.68. The van der Waals surface area contributed by atoms with Crippen molar-refractivity contribution in [2.24, 2.45) is 0 Å². The first-order valence-electron chi connectivity index (χ1n) is 7.79. The van der Waals surface area contributed by atoms with Crippen molar-refractivity contribution in [3.63, 3.8) is 0 Å². The minimum atomic E-state index is -0.212. The van der Waals surface area contributed by atoms with Gasteiger partial charge in [0.15, 0.2) is 0 Å². The first-order chi connectivity index (χ1) is 12.1. The maximum absolute atomic E-state index is 12.5. The molecule has 126 valence electrons. The zero-order chi connectivity index (χ0) is 17.4. The Hall–Kier alpha value is -2.38. The van der Waals surface area contributed by atoms with E-state index >= 15 is 0 Å². The second kappa shape index (κ2) is 6.50. The molecule has 0 saturated carbocycles. The van der Waals surface area contributed by atoms with E-state index < -0.39 is 0 Å². The molecule has 5 nitrogen and oxygen atoms in total. The Morgan fingerprint density at radius 3 is 3.00 bits per heavy atom. The molecule has 2 amide bonds. The number of benzene rings is 2. The van der Waals surface area contributed by atoms with Gasteiger partial charge in [-0.05, 0) is 37.3 Å². The molecule has 25 heavy (non-hydrogen) atoms. The molecule has 3 aromatic rings. The third-order valence-electron chi connectivity index (χ3n) is 3.89. The molecule has 7 heteroatoms. The Labute approximate surface area is 153 Å². The number of aromatic nitrogens is 1. The lowest BCUT2D eigenvalue weighted by Gasteiger charge is -2.28. The summed E-state index contributed by atoms with van der Waals surface area (Å²) in [6.07, 6.45) is 0. The Balaban J connectivity index is 1.52. The summed E-state index contributed by atoms with van der Waals surface area (Å²) in [5, 5.41) is 3.87. The summed E-state index contributed by atoms with van der Waals surface area (Å²) in [4.78, 5) is 31.7. The van der Waals surface area contributed by atoms with Crippen LogP contribution in [0.15, 0.2) is 47.4 Å². The lowest BCUT2D eigenvalue weighted by Crippen LogP contribution is -2.41. The van der Waals surface area contributed by atoms with Crippen molar-refractivity contribution in [2.75, 3.05) is 22.5 Å². The molecule has 0 atom stereocenters. The topological polar surface area (TPSA) is 62.3 Å². The van der Waals surface area contributed by atoms with Crippen molar-refractivity contribution in [3.05, 3.63) is 47.5 Å². The highest BCUT2D eigenvalue weighted by Crippen LogP contribution is 2.34. The summed E-state index contributed by atoms with van der Waals surface area (Å²) in [5.41, 5.74) is 2.44. The lowest BCUT2D eigenvalue weighted by molar-refractivity contribution is -0.120. The number of hydrogen-bond donors (Lipinski definition) is 1. The number of carbonyl (C=O) groups excluding carboxylic acids is 2. The van der Waals surface area contributed by atoms with Crippen molar-refractivity contribution in [2.45, 2.75) is 11.8 Å². The minimum absolute atomic E-state index is 0.0101. The number of thiazole rings is 1. The van der Waals surface area contributed by atoms with Gasteiger partial charge in [-0.3, -0.25) is 9.59 Å². The Morgan fingerprint density at radius 1 is 1.28 bits per heavy atom. The van der Waals surface area contributed by atoms with Gasteiger partial charge in [-0.2, -0.15) is 0 Å². The van der Waals surface area contributed by atoms with E-state index in [-0.39, 0.29) is 18.4 Å². The van der Waals surface area contributed by atoms with E-state index in [1.54, 1.807) is 16.2 Å². The number of nitrogens with one attached hydrogen (secondary N) is 1. The highest BCUT2D eigenvalue weighted by Gasteiger charge is 2.26. The van der Waals surface area contributed by atoms with E-state index in [0.717, 1.165) is 25.8 Å². The van der Waals surface area contributed by atoms with Gasteiger partial charge < -0.3 is 10.2 Å². The molecular weight excluding hydrogens is 354 g/mol. The van der Waals surface area contributed by atoms with Crippen LogP contribution in [0.3, 0.4) is 0 Å². The number of carbonyl (C=O) groups is 2. The van der Waals surface area contributed by atoms with Gasteiger partial charge in [0.05, 0.1) is 26.7 Å². The number of anilines is 2. The van der Waals surface area contributed by atoms with Crippen LogP contribution in [0.1, 0.15) is 5.01 Å². The van der Waals surface area contributed by atoms with E-state index in [1.165, 1.54) is 11.8 Å². The molecule has 1 aromatic heterocycles. The second-order valence-electron chi connectivity index (χ2n) is 5.70. The van der Waals surface area contributed by atoms with Crippen molar-refractivity contribution >= 4 is 56.5 Å². The first kappa shape index (κ1) is 16.1. The van der Waals surface area contributed by atoms with E-state index in [0.29, 0.717) is 11.4 Å². The Bertz CT molecular complexity index is 983. The molecular formula is C18H15N3O2S2. The highest BCUT2D eigenvalue weighted by atomic mass is 32.2. The van der Waals surface area contributed by atoms with Gasteiger partial charge in [-0.25, -0.2) is 4.98 Å². The number of rotatable bonds is 3. The Kier molecular flexibility index (Phi) is 4.19. The summed E-state index contributed by atoms with van der Waals surface area (Å²) in [6, 6.07) is 13.3. The average Bonchev–Trinajstić information content (AvgIpc) is 2.97. The summed E-state index contributed by atoms with van der Waals surface area (Å²) < 4.78 is 1.03. The van der Waals surface area contributed by atoms with Crippen molar-refractivity contribution in [1.29, 1.82) is 0 Å². The van der Waals surface area contributed by atoms with Crippen LogP contribution in [0.5, 0.6) is 0 Å². The largest absolute Gasteiger partial charge is 0.324 e. The van der Waals surface area contributed by atoms with Gasteiger partial charge in [-0.15, -0.1) is 23.1 Å². The standard InChI is InChI=1S/C18H15N3O2S2/c1-11-19-13-7-6-12(8-16(13)25-11)20-17(22)9-21-14-4-2-3-5-15(14)24-10-18(21)23/h2-8H,9-10H2,1H3,(H,20,22). The van der Waals surface area contributed by atoms with Crippen LogP contribution in [-0.4, -0.2) is 29.1 Å². The van der Waals surface area contributed by atoms with E-state index in [9.17, 15) is 9.59 Å². The molecule has 2 aromatic carbocycles. The quantitative estimate of drug-likeness (QED) is 0.765. The second-order valence-corrected chi connectivity index (χ2v) is 7.95. The van der Waals surface area contributed by atoms with Gasteiger partial charge in [0.1, 0.15) is 6.54 Å². The van der Waals surface area contributed by atoms with Crippen molar-refractivity contribution < 1.29 is 9.59 Å². The predicted molar refractivity (Wildman–Crippen MR) is 103 cm³/mol. The molecule has 1 aliphatic rings. The number of para-hydroxylation sites is 1. The fraction of sp³-hybridized carbons (Fsp3) is 0.167. The van der Waals surface area contributed by atoms with Crippen LogP contribution in [-0.2, 0) is 9.59 Å². The zero-order valence-corrected chi connectivity index (χ0v) is 15.1. The number of hydrogen-bond acceptors (Lipinski definition) is 5. The third kappa shape index (κ3) is 3.25. The monoisotopic (exact) mass is 369 g/mol. The molecule has 1 N–H and O–H groups in total. The summed E-state index contributed by atoms with van der Waals surface area (Å²) in [7, 11) is 0. The van der Waals surface area contributed by atoms with Gasteiger partial charge in [-0.1, -0.05) is 12.1 Å². The van der Waals surface area contributed by atoms with Crippen molar-refractivity contribution in [3.8, 4) is 0 Å². The summed E-state index contributed by atoms with van der Waals surface area (Å²) in [5.74, 6) is 0.0964. The SMILES string of the molecule is Cc1nc2ccc(NC(=O)CN3C(=O)CSc4ccccc43)cc2s1. The summed E-state index contributed by atoms with van der Waals surface area (Å²) in [6.45, 7) is 1.97. The molecule has 0 radical (unpaired) electrons. The number of aryl methyl sites for hydroxylation is 1. The highest BCUT2D eigenvalue weighted by molar-refractivity contribution is 8.00. The molecule has 0 saturated heterocycles. The fourth-order valence-electron chi connectivity index (χ4n) is 2.79. The molecule has 1 aliphatic heterocycles. The zero-order valence-electron chi connectivity index (χ0n) is 13.5. The molecule has 0 aliphatic carbocycles. The first-order valence-corrected chi connectivity index (χ1v) is 9.59. The van der Waals surface area contributed by atoms with E-state index in [1.807, 2.05) is 49.4 Å². The van der Waals surface area contributed by atoms with Crippen LogP contribution in [0, 0.1) is 6.92 Å². The molecule has 0 bridgehead atoms. The van der Waals surface area contributed by atoms with E-state index in [2.05, 4.69) is 10.3 Å². The van der Waals surface area contributed by atoms with Gasteiger partial charge in [0, 0.05) is 10.6 Å². The van der Waals surface area contributed by atoms with Crippen LogP contribution in [0.4, 0.5) is 11.4 Å². The van der Waals surface area contributed by atoms with Gasteiger partial charge >= 0.3 is 0 Å². The maximum Gasteiger partial charge on any atom is 0.244 e. The third-order valence-corrected chi connectivity index (χ3v) is 5.87. The fourth-order valence-corrected chi connectivity index (χ4v) is 4.59. The summed E-state index contributed by atoms with van der Waals surface area (Å²) >= 11 is 3.10. The van der Waals surface area contributed by atoms with E-state index in [4.69, 9.17) is 0 Å². The van der Waals surface area contributed by atoms with Crippen LogP contribution >= 0.6 is 23.1 Å². The Morgan fingerprint density at radius 2 is 2.12 bits per heavy atom. The number of nitrogens with zero attached hydrogens (tertiary/aromatic N) is 2. The normalized spacial score (nSPS) is 13.8. The molecule has 0 fully saturated rings. The average molecular weight is 369 g/mol. The van der Waals surface area contributed by atoms with Crippen LogP contribution in [0.25, 0.3) is 10.2 Å². The molecule has 0 spiro atoms. The molecule has 4 rings (SSSR count).